The van der Waals surface area contributed by atoms with Crippen LogP contribution in [0, 0.1) is 5.82 Å². The molecule has 0 spiro atoms. The summed E-state index contributed by atoms with van der Waals surface area (Å²) in [5.74, 6) is 1.18. The SMILES string of the molecule is NC1CCN(c2c(-c3ccc4c(c3)OCC4)cncc2-c2nc3c(F)cccc3[nH]2)C1. The second kappa shape index (κ2) is 7.06. The molecule has 1 atom stereocenters. The molecule has 3 N–H and O–H groups in total. The Kier molecular flexibility index (Phi) is 4.17. The number of hydrogen-bond donors (Lipinski definition) is 2. The van der Waals surface area contributed by atoms with Crippen LogP contribution in [0.3, 0.4) is 0 Å². The molecule has 156 valence electrons. The van der Waals surface area contributed by atoms with Crippen LogP contribution in [0.4, 0.5) is 10.1 Å². The largest absolute Gasteiger partial charge is 0.493 e. The number of ether oxygens (including phenoxy) is 1. The van der Waals surface area contributed by atoms with E-state index in [1.165, 1.54) is 11.6 Å². The van der Waals surface area contributed by atoms with E-state index in [-0.39, 0.29) is 11.9 Å². The molecule has 0 saturated carbocycles. The van der Waals surface area contributed by atoms with Gasteiger partial charge in [0.15, 0.2) is 5.82 Å². The maximum absolute atomic E-state index is 14.3. The first-order chi connectivity index (χ1) is 15.2. The molecule has 6 nitrogen and oxygen atoms in total. The zero-order valence-corrected chi connectivity index (χ0v) is 16.9. The van der Waals surface area contributed by atoms with Crippen LogP contribution in [0.1, 0.15) is 12.0 Å². The Hall–Kier alpha value is -3.45. The number of hydrogen-bond acceptors (Lipinski definition) is 5. The minimum Gasteiger partial charge on any atom is -0.493 e. The van der Waals surface area contributed by atoms with Crippen molar-refractivity contribution in [3.8, 4) is 28.3 Å². The average Bonchev–Trinajstić information content (AvgIpc) is 3.52. The van der Waals surface area contributed by atoms with Gasteiger partial charge in [-0.3, -0.25) is 4.98 Å². The van der Waals surface area contributed by atoms with Gasteiger partial charge in [-0.1, -0.05) is 18.2 Å². The van der Waals surface area contributed by atoms with Crippen LogP contribution >= 0.6 is 0 Å². The number of nitrogens with one attached hydrogen (secondary N) is 1. The number of benzene rings is 2. The third-order valence-corrected chi connectivity index (χ3v) is 6.18. The molecule has 0 bridgehead atoms. The molecular weight excluding hydrogens is 393 g/mol. The van der Waals surface area contributed by atoms with Crippen LogP contribution in [0.15, 0.2) is 48.8 Å². The molecule has 2 aromatic heterocycles. The van der Waals surface area contributed by atoms with E-state index in [1.54, 1.807) is 12.3 Å². The van der Waals surface area contributed by atoms with E-state index in [0.29, 0.717) is 16.9 Å². The van der Waals surface area contributed by atoms with Crippen molar-refractivity contribution < 1.29 is 9.13 Å². The summed E-state index contributed by atoms with van der Waals surface area (Å²) in [6.45, 7) is 2.32. The summed E-state index contributed by atoms with van der Waals surface area (Å²) >= 11 is 0. The van der Waals surface area contributed by atoms with Gasteiger partial charge in [0, 0.05) is 43.5 Å². The van der Waals surface area contributed by atoms with Crippen molar-refractivity contribution >= 4 is 16.7 Å². The number of halogens is 1. The summed E-state index contributed by atoms with van der Waals surface area (Å²) in [5.41, 5.74) is 12.3. The van der Waals surface area contributed by atoms with Gasteiger partial charge in [-0.25, -0.2) is 9.37 Å². The molecule has 0 amide bonds. The van der Waals surface area contributed by atoms with Gasteiger partial charge >= 0.3 is 0 Å². The second-order valence-electron chi connectivity index (χ2n) is 8.22. The van der Waals surface area contributed by atoms with Gasteiger partial charge < -0.3 is 20.4 Å². The fourth-order valence-corrected chi connectivity index (χ4v) is 4.63. The monoisotopic (exact) mass is 415 g/mol. The molecule has 2 aliphatic rings. The van der Waals surface area contributed by atoms with Crippen molar-refractivity contribution in [3.63, 3.8) is 0 Å². The van der Waals surface area contributed by atoms with Crippen molar-refractivity contribution in [3.05, 3.63) is 60.2 Å². The lowest BCUT2D eigenvalue weighted by atomic mass is 9.99. The third kappa shape index (κ3) is 3.04. The highest BCUT2D eigenvalue weighted by Crippen LogP contribution is 2.41. The van der Waals surface area contributed by atoms with Gasteiger partial charge in [0.1, 0.15) is 17.1 Å². The van der Waals surface area contributed by atoms with Gasteiger partial charge in [0.05, 0.1) is 23.4 Å². The number of nitrogens with two attached hydrogens (primary N) is 1. The lowest BCUT2D eigenvalue weighted by Crippen LogP contribution is -2.27. The first kappa shape index (κ1) is 18.3. The number of para-hydroxylation sites is 1. The van der Waals surface area contributed by atoms with Crippen molar-refractivity contribution in [1.82, 2.24) is 15.0 Å². The second-order valence-corrected chi connectivity index (χ2v) is 8.22. The lowest BCUT2D eigenvalue weighted by Gasteiger charge is -2.24. The molecule has 0 radical (unpaired) electrons. The van der Waals surface area contributed by atoms with Crippen molar-refractivity contribution in [2.45, 2.75) is 18.9 Å². The molecule has 0 aliphatic carbocycles. The predicted octanol–water partition coefficient (Wildman–Crippen LogP) is 3.90. The van der Waals surface area contributed by atoms with Crippen molar-refractivity contribution in [2.24, 2.45) is 5.73 Å². The number of aromatic nitrogens is 3. The van der Waals surface area contributed by atoms with Gasteiger partial charge in [-0.2, -0.15) is 0 Å². The first-order valence-corrected chi connectivity index (χ1v) is 10.6. The van der Waals surface area contributed by atoms with Crippen LogP contribution < -0.4 is 15.4 Å². The highest BCUT2D eigenvalue weighted by molar-refractivity contribution is 5.91. The van der Waals surface area contributed by atoms with Gasteiger partial charge in [-0.15, -0.1) is 0 Å². The zero-order chi connectivity index (χ0) is 20.9. The van der Waals surface area contributed by atoms with Crippen molar-refractivity contribution in [2.75, 3.05) is 24.6 Å². The van der Waals surface area contributed by atoms with Gasteiger partial charge in [-0.05, 0) is 35.7 Å². The molecule has 31 heavy (non-hydrogen) atoms. The number of aromatic amines is 1. The highest BCUT2D eigenvalue weighted by atomic mass is 19.1. The zero-order valence-electron chi connectivity index (χ0n) is 16.9. The molecule has 4 heterocycles. The van der Waals surface area contributed by atoms with E-state index in [9.17, 15) is 4.39 Å². The summed E-state index contributed by atoms with van der Waals surface area (Å²) in [7, 11) is 0. The maximum Gasteiger partial charge on any atom is 0.151 e. The van der Waals surface area contributed by atoms with Gasteiger partial charge in [0.25, 0.3) is 0 Å². The number of imidazole rings is 1. The van der Waals surface area contributed by atoms with E-state index >= 15 is 0 Å². The van der Waals surface area contributed by atoms with E-state index in [2.05, 4.69) is 38.1 Å². The minimum absolute atomic E-state index is 0.116. The fourth-order valence-electron chi connectivity index (χ4n) is 4.63. The van der Waals surface area contributed by atoms with Crippen LogP contribution in [-0.2, 0) is 6.42 Å². The van der Waals surface area contributed by atoms with E-state index < -0.39 is 0 Å². The Morgan fingerprint density at radius 3 is 2.90 bits per heavy atom. The summed E-state index contributed by atoms with van der Waals surface area (Å²) in [6.07, 6.45) is 5.53. The van der Waals surface area contributed by atoms with Crippen LogP contribution in [0.25, 0.3) is 33.5 Å². The Labute approximate surface area is 178 Å². The number of anilines is 1. The summed E-state index contributed by atoms with van der Waals surface area (Å²) in [5, 5.41) is 0. The third-order valence-electron chi connectivity index (χ3n) is 6.18. The molecule has 1 saturated heterocycles. The van der Waals surface area contributed by atoms with Crippen LogP contribution in [-0.4, -0.2) is 40.7 Å². The summed E-state index contributed by atoms with van der Waals surface area (Å²) in [6, 6.07) is 11.4. The lowest BCUT2D eigenvalue weighted by molar-refractivity contribution is 0.357. The van der Waals surface area contributed by atoms with Crippen LogP contribution in [0.5, 0.6) is 5.75 Å². The molecule has 6 rings (SSSR count). The molecule has 2 aromatic carbocycles. The molecule has 1 fully saturated rings. The number of nitrogens with zero attached hydrogens (tertiary/aromatic N) is 3. The normalized spacial score (nSPS) is 17.9. The van der Waals surface area contributed by atoms with E-state index in [4.69, 9.17) is 10.5 Å². The Bertz CT molecular complexity index is 1300. The Morgan fingerprint density at radius 1 is 1.16 bits per heavy atom. The number of rotatable bonds is 3. The standard InChI is InChI=1S/C24H22FN5O/c25-19-2-1-3-20-22(19)29-24(28-20)18-12-27-11-17(23(18)30-8-6-16(26)13-30)15-5-4-14-7-9-31-21(14)10-15/h1-5,10-12,16H,6-9,13,26H2,(H,28,29). The molecular formula is C24H22FN5O. The fraction of sp³-hybridized carbons (Fsp3) is 0.250. The smallest absolute Gasteiger partial charge is 0.151 e. The maximum atomic E-state index is 14.3. The first-order valence-electron chi connectivity index (χ1n) is 10.6. The number of pyridine rings is 1. The minimum atomic E-state index is -0.343. The number of H-pyrrole nitrogens is 1. The summed E-state index contributed by atoms with van der Waals surface area (Å²) < 4.78 is 20.1. The molecule has 1 unspecified atom stereocenters. The number of fused-ring (bicyclic) bond motifs is 2. The average molecular weight is 415 g/mol. The Morgan fingerprint density at radius 2 is 2.06 bits per heavy atom. The van der Waals surface area contributed by atoms with E-state index in [1.807, 2.05) is 12.3 Å². The molecule has 4 aromatic rings. The quantitative estimate of drug-likeness (QED) is 0.530. The van der Waals surface area contributed by atoms with Gasteiger partial charge in [0.2, 0.25) is 0 Å². The topological polar surface area (TPSA) is 80.1 Å². The van der Waals surface area contributed by atoms with Crippen molar-refractivity contribution in [1.29, 1.82) is 0 Å². The molecule has 7 heteroatoms. The summed E-state index contributed by atoms with van der Waals surface area (Å²) in [4.78, 5) is 14.7. The molecule has 2 aliphatic heterocycles. The predicted molar refractivity (Wildman–Crippen MR) is 119 cm³/mol. The highest BCUT2D eigenvalue weighted by Gasteiger charge is 2.27. The van der Waals surface area contributed by atoms with Crippen LogP contribution in [0.2, 0.25) is 0 Å². The van der Waals surface area contributed by atoms with E-state index in [0.717, 1.165) is 60.7 Å². The Balaban J connectivity index is 1.56.